The average Bonchev–Trinajstić information content (AvgIpc) is 2.49. The molecule has 0 saturated carbocycles. The first kappa shape index (κ1) is 8.12. The molecule has 0 bridgehead atoms. The van der Waals surface area contributed by atoms with E-state index in [0.29, 0.717) is 16.7 Å². The molecule has 0 spiro atoms. The number of nitrogens with zero attached hydrogens (tertiary/aromatic N) is 3. The zero-order valence-electron chi connectivity index (χ0n) is 6.94. The second-order valence-electron chi connectivity index (χ2n) is 2.50. The monoisotopic (exact) mass is 190 g/mol. The lowest BCUT2D eigenvalue weighted by molar-refractivity contribution is 0.517. The second-order valence-corrected chi connectivity index (χ2v) is 2.50. The van der Waals surface area contributed by atoms with Crippen molar-refractivity contribution >= 4 is 22.8 Å². The number of hydrogen-bond donors (Lipinski definition) is 4. The molecule has 0 radical (unpaired) electrons. The van der Waals surface area contributed by atoms with Crippen LogP contribution < -0.4 is 11.5 Å². The molecule has 0 fully saturated rings. The van der Waals surface area contributed by atoms with Crippen LogP contribution in [0.4, 0.5) is 11.8 Å². The first-order valence-corrected chi connectivity index (χ1v) is 3.64. The topological polar surface area (TPSA) is 127 Å². The van der Waals surface area contributed by atoms with Gasteiger partial charge in [-0.2, -0.15) is 15.1 Å². The lowest BCUT2D eigenvalue weighted by Crippen LogP contribution is -2.00. The summed E-state index contributed by atoms with van der Waals surface area (Å²) >= 11 is 0. The molecule has 0 amide bonds. The molecule has 0 aliphatic carbocycles. The SMILES string of the molecule is Nc1nc(N)c2c(C#CO)[nH]nc2n1. The molecule has 0 aliphatic rings. The number of aromatic amines is 1. The van der Waals surface area contributed by atoms with Crippen molar-refractivity contribution in [2.45, 2.75) is 0 Å². The van der Waals surface area contributed by atoms with Crippen LogP contribution in [-0.2, 0) is 0 Å². The van der Waals surface area contributed by atoms with Crippen molar-refractivity contribution in [1.82, 2.24) is 20.2 Å². The Morgan fingerprint density at radius 1 is 1.29 bits per heavy atom. The Kier molecular flexibility index (Phi) is 1.61. The highest BCUT2D eigenvalue weighted by molar-refractivity contribution is 5.90. The van der Waals surface area contributed by atoms with Gasteiger partial charge in [-0.15, -0.1) is 0 Å². The van der Waals surface area contributed by atoms with Gasteiger partial charge in [0.2, 0.25) is 5.95 Å². The largest absolute Gasteiger partial charge is 0.462 e. The van der Waals surface area contributed by atoms with Gasteiger partial charge in [-0.05, 0) is 5.92 Å². The van der Waals surface area contributed by atoms with E-state index in [-0.39, 0.29) is 11.8 Å². The van der Waals surface area contributed by atoms with E-state index in [0.717, 1.165) is 0 Å². The quantitative estimate of drug-likeness (QED) is 0.403. The van der Waals surface area contributed by atoms with E-state index in [1.807, 2.05) is 0 Å². The van der Waals surface area contributed by atoms with Crippen molar-refractivity contribution in [2.75, 3.05) is 11.5 Å². The van der Waals surface area contributed by atoms with E-state index in [4.69, 9.17) is 16.6 Å². The molecular formula is C7H6N6O. The van der Waals surface area contributed by atoms with Gasteiger partial charge in [0.25, 0.3) is 0 Å². The van der Waals surface area contributed by atoms with Gasteiger partial charge in [-0.3, -0.25) is 5.10 Å². The molecule has 0 unspecified atom stereocenters. The van der Waals surface area contributed by atoms with Gasteiger partial charge in [0, 0.05) is 0 Å². The van der Waals surface area contributed by atoms with Crippen LogP contribution in [0, 0.1) is 12.0 Å². The lowest BCUT2D eigenvalue weighted by Gasteiger charge is -1.95. The van der Waals surface area contributed by atoms with Crippen LogP contribution in [-0.4, -0.2) is 25.3 Å². The van der Waals surface area contributed by atoms with E-state index in [9.17, 15) is 0 Å². The number of nitrogens with one attached hydrogen (secondary N) is 1. The molecule has 2 aromatic rings. The highest BCUT2D eigenvalue weighted by Gasteiger charge is 2.10. The Balaban J connectivity index is 2.83. The number of H-pyrrole nitrogens is 1. The molecule has 2 rings (SSSR count). The van der Waals surface area contributed by atoms with Gasteiger partial charge in [0.1, 0.15) is 17.6 Å². The highest BCUT2D eigenvalue weighted by atomic mass is 16.2. The van der Waals surface area contributed by atoms with E-state index in [1.54, 1.807) is 6.11 Å². The van der Waals surface area contributed by atoms with Crippen LogP contribution in [0.3, 0.4) is 0 Å². The summed E-state index contributed by atoms with van der Waals surface area (Å²) in [5, 5.41) is 15.3. The minimum Gasteiger partial charge on any atom is -0.462 e. The van der Waals surface area contributed by atoms with E-state index in [2.05, 4.69) is 26.1 Å². The van der Waals surface area contributed by atoms with E-state index in [1.165, 1.54) is 0 Å². The van der Waals surface area contributed by atoms with Crippen molar-refractivity contribution in [3.05, 3.63) is 5.69 Å². The summed E-state index contributed by atoms with van der Waals surface area (Å²) in [7, 11) is 0. The average molecular weight is 190 g/mol. The smallest absolute Gasteiger partial charge is 0.224 e. The molecular weight excluding hydrogens is 184 g/mol. The predicted octanol–water partition coefficient (Wildman–Crippen LogP) is -0.801. The first-order valence-electron chi connectivity index (χ1n) is 3.64. The molecule has 7 nitrogen and oxygen atoms in total. The normalized spacial score (nSPS) is 9.71. The number of aliphatic hydroxyl groups excluding tert-OH is 1. The summed E-state index contributed by atoms with van der Waals surface area (Å²) in [5.41, 5.74) is 11.6. The van der Waals surface area contributed by atoms with Crippen LogP contribution in [0.5, 0.6) is 0 Å². The van der Waals surface area contributed by atoms with E-state index < -0.39 is 0 Å². The summed E-state index contributed by atoms with van der Waals surface area (Å²) in [6, 6.07) is 0. The van der Waals surface area contributed by atoms with Gasteiger partial charge in [-0.1, -0.05) is 0 Å². The van der Waals surface area contributed by atoms with Crippen molar-refractivity contribution in [3.63, 3.8) is 0 Å². The molecule has 0 aromatic carbocycles. The Morgan fingerprint density at radius 2 is 2.07 bits per heavy atom. The van der Waals surface area contributed by atoms with Crippen LogP contribution in [0.25, 0.3) is 11.0 Å². The van der Waals surface area contributed by atoms with Gasteiger partial charge >= 0.3 is 0 Å². The number of aromatic nitrogens is 4. The molecule has 2 aromatic heterocycles. The number of anilines is 2. The fourth-order valence-corrected chi connectivity index (χ4v) is 1.12. The van der Waals surface area contributed by atoms with Gasteiger partial charge in [0.05, 0.1) is 5.39 Å². The van der Waals surface area contributed by atoms with Crippen molar-refractivity contribution in [3.8, 4) is 12.0 Å². The molecule has 6 N–H and O–H groups in total. The van der Waals surface area contributed by atoms with Crippen molar-refractivity contribution in [2.24, 2.45) is 0 Å². The molecule has 7 heteroatoms. The van der Waals surface area contributed by atoms with Crippen LogP contribution in [0.1, 0.15) is 5.69 Å². The number of hydrogen-bond acceptors (Lipinski definition) is 6. The maximum Gasteiger partial charge on any atom is 0.224 e. The van der Waals surface area contributed by atoms with Crippen LogP contribution in [0.15, 0.2) is 0 Å². The van der Waals surface area contributed by atoms with Crippen molar-refractivity contribution < 1.29 is 5.11 Å². The summed E-state index contributed by atoms with van der Waals surface area (Å²) in [4.78, 5) is 7.59. The third kappa shape index (κ3) is 1.06. The fourth-order valence-electron chi connectivity index (χ4n) is 1.12. The molecule has 14 heavy (non-hydrogen) atoms. The van der Waals surface area contributed by atoms with E-state index >= 15 is 0 Å². The summed E-state index contributed by atoms with van der Waals surface area (Å²) in [5.74, 6) is 2.60. The Hall–Kier alpha value is -2.49. The number of nitrogen functional groups attached to an aromatic ring is 2. The molecule has 70 valence electrons. The zero-order valence-corrected chi connectivity index (χ0v) is 6.94. The number of nitrogens with two attached hydrogens (primary N) is 2. The summed E-state index contributed by atoms with van der Waals surface area (Å²) in [6.07, 6.45) is 1.74. The molecule has 0 aliphatic heterocycles. The van der Waals surface area contributed by atoms with Gasteiger partial charge < -0.3 is 16.6 Å². The highest BCUT2D eigenvalue weighted by Crippen LogP contribution is 2.19. The van der Waals surface area contributed by atoms with Crippen LogP contribution in [0.2, 0.25) is 0 Å². The maximum absolute atomic E-state index is 8.43. The second kappa shape index (κ2) is 2.77. The Bertz CT molecular complexity index is 548. The zero-order chi connectivity index (χ0) is 10.1. The molecule has 0 atom stereocenters. The number of aliphatic hydroxyl groups is 1. The maximum atomic E-state index is 8.43. The van der Waals surface area contributed by atoms with Gasteiger partial charge in [-0.25, -0.2) is 0 Å². The third-order valence-electron chi connectivity index (χ3n) is 1.64. The fraction of sp³-hybridized carbons (Fsp3) is 0. The number of rotatable bonds is 0. The molecule has 0 saturated heterocycles. The standard InChI is InChI=1S/C7H6N6O/c8-5-4-3(1-2-14)12-13-6(4)11-7(9)10-5/h14H,(H5,8,9,10,11,12,13). The minimum absolute atomic E-state index is 0.0463. The Morgan fingerprint density at radius 3 is 2.79 bits per heavy atom. The first-order chi connectivity index (χ1) is 6.72. The third-order valence-corrected chi connectivity index (χ3v) is 1.64. The molecule has 2 heterocycles. The van der Waals surface area contributed by atoms with Crippen LogP contribution >= 0.6 is 0 Å². The summed E-state index contributed by atoms with van der Waals surface area (Å²) < 4.78 is 0. The minimum atomic E-state index is 0.0463. The predicted molar refractivity (Wildman–Crippen MR) is 49.3 cm³/mol. The van der Waals surface area contributed by atoms with Gasteiger partial charge in [0.15, 0.2) is 5.65 Å². The summed E-state index contributed by atoms with van der Waals surface area (Å²) in [6.45, 7) is 0. The van der Waals surface area contributed by atoms with Crippen molar-refractivity contribution in [1.29, 1.82) is 0 Å². The lowest BCUT2D eigenvalue weighted by atomic mass is 10.3. The Labute approximate surface area is 78.2 Å². The number of fused-ring (bicyclic) bond motifs is 1.